The molecule has 0 bridgehead atoms. The fourth-order valence-electron chi connectivity index (χ4n) is 5.19. The van der Waals surface area contributed by atoms with Crippen molar-refractivity contribution in [1.82, 2.24) is 0 Å². The van der Waals surface area contributed by atoms with E-state index in [1.54, 1.807) is 25.1 Å². The van der Waals surface area contributed by atoms with Gasteiger partial charge in [0.2, 0.25) is 0 Å². The molecular formula is C32H35F3O3. The molecule has 0 amide bonds. The van der Waals surface area contributed by atoms with Crippen molar-refractivity contribution in [1.29, 1.82) is 0 Å². The van der Waals surface area contributed by atoms with Gasteiger partial charge in [0.15, 0.2) is 23.2 Å². The zero-order valence-electron chi connectivity index (χ0n) is 22.1. The maximum absolute atomic E-state index is 15.2. The molecule has 0 radical (unpaired) electrons. The zero-order valence-corrected chi connectivity index (χ0v) is 22.1. The van der Waals surface area contributed by atoms with Crippen molar-refractivity contribution in [3.05, 3.63) is 83.2 Å². The van der Waals surface area contributed by atoms with E-state index in [-0.39, 0.29) is 17.2 Å². The van der Waals surface area contributed by atoms with Gasteiger partial charge in [0.25, 0.3) is 0 Å². The Balaban J connectivity index is 1.37. The number of carbonyl (C=O) groups is 1. The molecule has 4 rings (SSSR count). The minimum absolute atomic E-state index is 0.140. The average Bonchev–Trinajstić information content (AvgIpc) is 2.93. The van der Waals surface area contributed by atoms with Gasteiger partial charge in [-0.15, -0.1) is 0 Å². The molecule has 1 aliphatic carbocycles. The van der Waals surface area contributed by atoms with Crippen LogP contribution in [0.2, 0.25) is 0 Å². The van der Waals surface area contributed by atoms with Crippen molar-refractivity contribution in [2.24, 2.45) is 5.92 Å². The fraction of sp³-hybridized carbons (Fsp3) is 0.406. The van der Waals surface area contributed by atoms with Gasteiger partial charge in [-0.1, -0.05) is 56.2 Å². The van der Waals surface area contributed by atoms with E-state index in [1.165, 1.54) is 24.1 Å². The fourth-order valence-corrected chi connectivity index (χ4v) is 5.19. The molecule has 3 aromatic rings. The molecule has 0 N–H and O–H groups in total. The Morgan fingerprint density at radius 1 is 0.868 bits per heavy atom. The second-order valence-corrected chi connectivity index (χ2v) is 9.98. The van der Waals surface area contributed by atoms with Crippen LogP contribution in [0.1, 0.15) is 75.8 Å². The van der Waals surface area contributed by atoms with Crippen LogP contribution in [0.5, 0.6) is 11.5 Å². The van der Waals surface area contributed by atoms with E-state index in [0.29, 0.717) is 49.2 Å². The lowest BCUT2D eigenvalue weighted by molar-refractivity contribution is -0.140. The van der Waals surface area contributed by atoms with E-state index in [1.807, 2.05) is 24.3 Å². The van der Waals surface area contributed by atoms with Crippen LogP contribution in [-0.2, 0) is 11.2 Å². The summed E-state index contributed by atoms with van der Waals surface area (Å²) in [5.41, 5.74) is 2.44. The first kappa shape index (κ1) is 27.7. The van der Waals surface area contributed by atoms with E-state index < -0.39 is 29.3 Å². The maximum Gasteiger partial charge on any atom is 0.314 e. The molecule has 0 atom stereocenters. The molecule has 1 aliphatic rings. The first-order valence-corrected chi connectivity index (χ1v) is 13.6. The summed E-state index contributed by atoms with van der Waals surface area (Å²) in [4.78, 5) is 12.6. The third kappa shape index (κ3) is 6.58. The second kappa shape index (κ2) is 13.0. The molecule has 6 heteroatoms. The van der Waals surface area contributed by atoms with Crippen LogP contribution in [0.15, 0.2) is 54.6 Å². The van der Waals surface area contributed by atoms with Gasteiger partial charge in [0, 0.05) is 11.6 Å². The quantitative estimate of drug-likeness (QED) is 0.151. The smallest absolute Gasteiger partial charge is 0.314 e. The number of benzene rings is 3. The molecular weight excluding hydrogens is 489 g/mol. The summed E-state index contributed by atoms with van der Waals surface area (Å²) in [6, 6.07) is 15.1. The number of hydrogen-bond donors (Lipinski definition) is 0. The van der Waals surface area contributed by atoms with E-state index in [0.717, 1.165) is 19.3 Å². The molecule has 202 valence electrons. The minimum atomic E-state index is -0.839. The van der Waals surface area contributed by atoms with Crippen LogP contribution < -0.4 is 9.47 Å². The van der Waals surface area contributed by atoms with Crippen molar-refractivity contribution in [2.45, 2.75) is 71.1 Å². The number of esters is 1. The summed E-state index contributed by atoms with van der Waals surface area (Å²) in [7, 11) is 0. The summed E-state index contributed by atoms with van der Waals surface area (Å²) in [5, 5.41) is 0. The first-order chi connectivity index (χ1) is 18.4. The number of hydrogen-bond acceptors (Lipinski definition) is 3. The van der Waals surface area contributed by atoms with Gasteiger partial charge in [-0.2, -0.15) is 0 Å². The summed E-state index contributed by atoms with van der Waals surface area (Å²) in [6.07, 6.45) is 6.40. The molecule has 0 unspecified atom stereocenters. The lowest BCUT2D eigenvalue weighted by atomic mass is 9.78. The van der Waals surface area contributed by atoms with Crippen molar-refractivity contribution in [2.75, 3.05) is 6.61 Å². The molecule has 1 fully saturated rings. The molecule has 3 nitrogen and oxygen atoms in total. The minimum Gasteiger partial charge on any atom is -0.494 e. The van der Waals surface area contributed by atoms with E-state index in [2.05, 4.69) is 6.92 Å². The van der Waals surface area contributed by atoms with Crippen molar-refractivity contribution in [3.63, 3.8) is 0 Å². The van der Waals surface area contributed by atoms with Crippen molar-refractivity contribution >= 4 is 5.97 Å². The standard InChI is InChI=1S/C32H35F3O3/c1-3-5-6-7-21-8-10-22(11-9-21)26-17-18-27(31(35)30(26)34)23-12-14-24(15-13-23)32(36)38-29-19-16-25(37-4-2)20-28(29)33/h8-11,16-20,23-24H,3-7,12-15H2,1-2H3. The van der Waals surface area contributed by atoms with E-state index >= 15 is 8.78 Å². The topological polar surface area (TPSA) is 35.5 Å². The molecule has 0 aromatic heterocycles. The van der Waals surface area contributed by atoms with Gasteiger partial charge in [0.1, 0.15) is 5.75 Å². The number of unbranched alkanes of at least 4 members (excludes halogenated alkanes) is 2. The van der Waals surface area contributed by atoms with Gasteiger partial charge >= 0.3 is 5.97 Å². The Morgan fingerprint density at radius 3 is 2.26 bits per heavy atom. The Labute approximate surface area is 223 Å². The molecule has 0 spiro atoms. The number of aryl methyl sites for hydroxylation is 1. The second-order valence-electron chi connectivity index (χ2n) is 9.98. The molecule has 1 saturated carbocycles. The summed E-state index contributed by atoms with van der Waals surface area (Å²) in [6.45, 7) is 4.36. The predicted molar refractivity (Wildman–Crippen MR) is 143 cm³/mol. The van der Waals surface area contributed by atoms with Crippen LogP contribution in [0, 0.1) is 23.4 Å². The summed E-state index contributed by atoms with van der Waals surface area (Å²) in [5.74, 6) is -3.21. The van der Waals surface area contributed by atoms with Gasteiger partial charge in [-0.25, -0.2) is 13.2 Å². The zero-order chi connectivity index (χ0) is 27.1. The van der Waals surface area contributed by atoms with Crippen LogP contribution in [0.3, 0.4) is 0 Å². The lowest BCUT2D eigenvalue weighted by Gasteiger charge is -2.28. The van der Waals surface area contributed by atoms with Crippen LogP contribution in [-0.4, -0.2) is 12.6 Å². The maximum atomic E-state index is 15.2. The molecule has 0 aliphatic heterocycles. The largest absolute Gasteiger partial charge is 0.494 e. The van der Waals surface area contributed by atoms with Crippen molar-refractivity contribution in [3.8, 4) is 22.6 Å². The van der Waals surface area contributed by atoms with E-state index in [4.69, 9.17) is 9.47 Å². The highest BCUT2D eigenvalue weighted by molar-refractivity contribution is 5.75. The number of halogens is 3. The van der Waals surface area contributed by atoms with Gasteiger partial charge in [0.05, 0.1) is 12.5 Å². The Morgan fingerprint density at radius 2 is 1.61 bits per heavy atom. The summed E-state index contributed by atoms with van der Waals surface area (Å²) >= 11 is 0. The molecule has 0 heterocycles. The monoisotopic (exact) mass is 524 g/mol. The number of ether oxygens (including phenoxy) is 2. The Hall–Kier alpha value is -3.28. The predicted octanol–water partition coefficient (Wildman–Crippen LogP) is 8.78. The summed E-state index contributed by atoms with van der Waals surface area (Å²) < 4.78 is 55.1. The van der Waals surface area contributed by atoms with Gasteiger partial charge < -0.3 is 9.47 Å². The highest BCUT2D eigenvalue weighted by Crippen LogP contribution is 2.39. The van der Waals surface area contributed by atoms with Crippen LogP contribution >= 0.6 is 0 Å². The third-order valence-electron chi connectivity index (χ3n) is 7.37. The Bertz CT molecular complexity index is 1230. The first-order valence-electron chi connectivity index (χ1n) is 13.6. The van der Waals surface area contributed by atoms with Crippen LogP contribution in [0.4, 0.5) is 13.2 Å². The highest BCUT2D eigenvalue weighted by Gasteiger charge is 2.31. The highest BCUT2D eigenvalue weighted by atomic mass is 19.2. The normalized spacial score (nSPS) is 17.3. The molecule has 0 saturated heterocycles. The molecule has 38 heavy (non-hydrogen) atoms. The SMILES string of the molecule is CCCCCc1ccc(-c2ccc(C3CCC(C(=O)Oc4ccc(OCC)cc4F)CC3)c(F)c2F)cc1. The number of carbonyl (C=O) groups excluding carboxylic acids is 1. The third-order valence-corrected chi connectivity index (χ3v) is 7.37. The number of rotatable bonds is 10. The van der Waals surface area contributed by atoms with Gasteiger partial charge in [-0.3, -0.25) is 4.79 Å². The van der Waals surface area contributed by atoms with Gasteiger partial charge in [-0.05, 0) is 80.2 Å². The van der Waals surface area contributed by atoms with Crippen LogP contribution in [0.25, 0.3) is 11.1 Å². The average molecular weight is 525 g/mol. The van der Waals surface area contributed by atoms with E-state index in [9.17, 15) is 9.18 Å². The lowest BCUT2D eigenvalue weighted by Crippen LogP contribution is -2.25. The Kier molecular flexibility index (Phi) is 9.48. The van der Waals surface area contributed by atoms with Crippen molar-refractivity contribution < 1.29 is 27.4 Å². The molecule has 3 aromatic carbocycles.